The van der Waals surface area contributed by atoms with Crippen LogP contribution in [0.4, 0.5) is 0 Å². The molecule has 2 N–H and O–H groups in total. The molecule has 0 unspecified atom stereocenters. The van der Waals surface area contributed by atoms with E-state index < -0.39 is 0 Å². The van der Waals surface area contributed by atoms with Gasteiger partial charge in [0, 0.05) is 13.5 Å². The van der Waals surface area contributed by atoms with Crippen molar-refractivity contribution in [3.8, 4) is 0 Å². The van der Waals surface area contributed by atoms with Crippen molar-refractivity contribution in [2.75, 3.05) is 6.54 Å². The molecule has 1 nitrogen and oxygen atoms in total. The zero-order chi connectivity index (χ0) is 14.0. The van der Waals surface area contributed by atoms with Crippen LogP contribution in [0.3, 0.4) is 0 Å². The SMILES string of the molecule is CCCCCCCCC=CCCCCCCCCN.[S]. The van der Waals surface area contributed by atoms with Crippen LogP contribution in [0.15, 0.2) is 12.2 Å². The Kier molecular flexibility index (Phi) is 23.8. The van der Waals surface area contributed by atoms with E-state index >= 15 is 0 Å². The number of rotatable bonds is 15. The number of allylic oxidation sites excluding steroid dienone is 2. The molecule has 0 aliphatic carbocycles. The highest BCUT2D eigenvalue weighted by atomic mass is 32.1. The lowest BCUT2D eigenvalue weighted by atomic mass is 10.1. The van der Waals surface area contributed by atoms with Crippen molar-refractivity contribution < 1.29 is 0 Å². The first-order valence-electron chi connectivity index (χ1n) is 8.77. The quantitative estimate of drug-likeness (QED) is 0.266. The molecular formula is C18H37NS. The van der Waals surface area contributed by atoms with Crippen molar-refractivity contribution in [1.82, 2.24) is 0 Å². The lowest BCUT2D eigenvalue weighted by molar-refractivity contribution is 0.599. The smallest absolute Gasteiger partial charge is 0 e. The minimum atomic E-state index is 0. The predicted octanol–water partition coefficient (Wildman–Crippen LogP) is 6.63. The van der Waals surface area contributed by atoms with Gasteiger partial charge in [-0.1, -0.05) is 76.9 Å². The van der Waals surface area contributed by atoms with Gasteiger partial charge in [0.25, 0.3) is 0 Å². The van der Waals surface area contributed by atoms with E-state index in [0.29, 0.717) is 0 Å². The normalized spacial score (nSPS) is 10.9. The molecule has 0 aliphatic rings. The molecule has 0 aromatic heterocycles. The molecule has 0 saturated carbocycles. The largest absolute Gasteiger partial charge is 0.330 e. The summed E-state index contributed by atoms with van der Waals surface area (Å²) in [5, 5.41) is 0. The van der Waals surface area contributed by atoms with Crippen molar-refractivity contribution in [2.45, 2.75) is 96.8 Å². The summed E-state index contributed by atoms with van der Waals surface area (Å²) < 4.78 is 0. The van der Waals surface area contributed by atoms with Gasteiger partial charge in [-0.25, -0.2) is 0 Å². The third-order valence-corrected chi connectivity index (χ3v) is 3.72. The van der Waals surface area contributed by atoms with Crippen molar-refractivity contribution in [3.63, 3.8) is 0 Å². The van der Waals surface area contributed by atoms with Crippen molar-refractivity contribution in [3.05, 3.63) is 12.2 Å². The summed E-state index contributed by atoms with van der Waals surface area (Å²) in [6, 6.07) is 0. The molecule has 0 saturated heterocycles. The zero-order valence-electron chi connectivity index (χ0n) is 13.7. The number of nitrogens with two attached hydrogens (primary N) is 1. The Balaban J connectivity index is 0. The Hall–Kier alpha value is 0.0500. The van der Waals surface area contributed by atoms with Gasteiger partial charge in [0.05, 0.1) is 0 Å². The van der Waals surface area contributed by atoms with Gasteiger partial charge in [0.15, 0.2) is 0 Å². The highest BCUT2D eigenvalue weighted by Crippen LogP contribution is 2.09. The molecule has 0 amide bonds. The number of hydrogen-bond donors (Lipinski definition) is 1. The molecule has 2 radical (unpaired) electrons. The molecule has 0 aromatic carbocycles. The molecule has 0 aromatic rings. The fraction of sp³-hybridized carbons (Fsp3) is 0.889. The molecule has 0 aliphatic heterocycles. The average Bonchev–Trinajstić information content (AvgIpc) is 2.43. The minimum Gasteiger partial charge on any atom is -0.330 e. The maximum Gasteiger partial charge on any atom is 0 e. The summed E-state index contributed by atoms with van der Waals surface area (Å²) in [7, 11) is 0. The van der Waals surface area contributed by atoms with Crippen molar-refractivity contribution >= 4 is 13.5 Å². The molecule has 0 spiro atoms. The van der Waals surface area contributed by atoms with Crippen molar-refractivity contribution in [2.24, 2.45) is 5.73 Å². The zero-order valence-corrected chi connectivity index (χ0v) is 14.6. The van der Waals surface area contributed by atoms with Crippen LogP contribution in [-0.4, -0.2) is 6.54 Å². The van der Waals surface area contributed by atoms with Gasteiger partial charge in [-0.15, -0.1) is 0 Å². The molecule has 120 valence electrons. The van der Waals surface area contributed by atoms with Crippen LogP contribution < -0.4 is 5.73 Å². The number of unbranched alkanes of at least 4 members (excludes halogenated alkanes) is 12. The molecule has 0 atom stereocenters. The third kappa shape index (κ3) is 20.4. The van der Waals surface area contributed by atoms with Gasteiger partial charge in [0.1, 0.15) is 0 Å². The van der Waals surface area contributed by atoms with Crippen LogP contribution in [0.5, 0.6) is 0 Å². The first kappa shape index (κ1) is 22.3. The van der Waals surface area contributed by atoms with Gasteiger partial charge < -0.3 is 5.73 Å². The summed E-state index contributed by atoms with van der Waals surface area (Å²) in [6.45, 7) is 3.14. The Morgan fingerprint density at radius 2 is 1.00 bits per heavy atom. The van der Waals surface area contributed by atoms with Gasteiger partial charge >= 0.3 is 0 Å². The Bertz CT molecular complexity index is 180. The van der Waals surface area contributed by atoms with Crippen molar-refractivity contribution in [1.29, 1.82) is 0 Å². The molecule has 2 heteroatoms. The Morgan fingerprint density at radius 3 is 1.45 bits per heavy atom. The van der Waals surface area contributed by atoms with Gasteiger partial charge in [-0.3, -0.25) is 0 Å². The van der Waals surface area contributed by atoms with E-state index in [1.54, 1.807) is 0 Å². The molecule has 0 rings (SSSR count). The van der Waals surface area contributed by atoms with E-state index in [1.807, 2.05) is 0 Å². The summed E-state index contributed by atoms with van der Waals surface area (Å²) in [5.74, 6) is 0. The Labute approximate surface area is 135 Å². The minimum absolute atomic E-state index is 0. The number of hydrogen-bond acceptors (Lipinski definition) is 1. The third-order valence-electron chi connectivity index (χ3n) is 3.72. The second kappa shape index (κ2) is 21.4. The summed E-state index contributed by atoms with van der Waals surface area (Å²) in [4.78, 5) is 0. The van der Waals surface area contributed by atoms with Crippen LogP contribution in [0.2, 0.25) is 0 Å². The van der Waals surface area contributed by atoms with Gasteiger partial charge in [0.2, 0.25) is 0 Å². The van der Waals surface area contributed by atoms with Gasteiger partial charge in [-0.05, 0) is 38.6 Å². The molecule has 0 heterocycles. The summed E-state index contributed by atoms with van der Waals surface area (Å²) in [5.41, 5.74) is 5.47. The average molecular weight is 300 g/mol. The van der Waals surface area contributed by atoms with Crippen LogP contribution in [0, 0.1) is 0 Å². The highest BCUT2D eigenvalue weighted by molar-refractivity contribution is 7.59. The van der Waals surface area contributed by atoms with E-state index in [4.69, 9.17) is 5.73 Å². The summed E-state index contributed by atoms with van der Waals surface area (Å²) in [6.07, 6.45) is 23.9. The maximum absolute atomic E-state index is 5.47. The van der Waals surface area contributed by atoms with Crippen LogP contribution in [0.1, 0.15) is 96.8 Å². The lowest BCUT2D eigenvalue weighted by Gasteiger charge is -1.99. The fourth-order valence-corrected chi connectivity index (χ4v) is 2.39. The second-order valence-corrected chi connectivity index (χ2v) is 5.73. The Morgan fingerprint density at radius 1 is 0.600 bits per heavy atom. The molecule has 0 bridgehead atoms. The first-order chi connectivity index (χ1) is 9.41. The maximum atomic E-state index is 5.47. The van der Waals surface area contributed by atoms with Crippen LogP contribution >= 0.6 is 13.5 Å². The van der Waals surface area contributed by atoms with E-state index in [2.05, 4.69) is 19.1 Å². The van der Waals surface area contributed by atoms with E-state index in [9.17, 15) is 0 Å². The van der Waals surface area contributed by atoms with E-state index in [-0.39, 0.29) is 13.5 Å². The topological polar surface area (TPSA) is 26.0 Å². The predicted molar refractivity (Wildman–Crippen MR) is 96.1 cm³/mol. The van der Waals surface area contributed by atoms with E-state index in [0.717, 1.165) is 6.54 Å². The van der Waals surface area contributed by atoms with Crippen LogP contribution in [-0.2, 0) is 0 Å². The standard InChI is InChI=1S/C18H37N.S/c1-2-3-4-5-6-7-8-9-10-11-12-13-14-15-16-17-18-19;/h9-10H,2-8,11-19H2,1H3;. The highest BCUT2D eigenvalue weighted by Gasteiger charge is 1.90. The fourth-order valence-electron chi connectivity index (χ4n) is 2.39. The lowest BCUT2D eigenvalue weighted by Crippen LogP contribution is -1.97. The molecule has 0 fully saturated rings. The first-order valence-corrected chi connectivity index (χ1v) is 8.77. The second-order valence-electron chi connectivity index (χ2n) is 5.73. The molecular weight excluding hydrogens is 262 g/mol. The van der Waals surface area contributed by atoms with E-state index in [1.165, 1.54) is 89.9 Å². The molecule has 20 heavy (non-hydrogen) atoms. The van der Waals surface area contributed by atoms with Crippen LogP contribution in [0.25, 0.3) is 0 Å². The monoisotopic (exact) mass is 299 g/mol. The summed E-state index contributed by atoms with van der Waals surface area (Å²) >= 11 is 0. The van der Waals surface area contributed by atoms with Gasteiger partial charge in [-0.2, -0.15) is 0 Å².